The lowest BCUT2D eigenvalue weighted by Crippen LogP contribution is -2.66. The van der Waals surface area contributed by atoms with Gasteiger partial charge in [-0.15, -0.1) is 0 Å². The molecule has 0 saturated carbocycles. The van der Waals surface area contributed by atoms with E-state index in [0.29, 0.717) is 12.8 Å². The van der Waals surface area contributed by atoms with Gasteiger partial charge in [0.1, 0.15) is 73.2 Å². The molecule has 3 aliphatic heterocycles. The molecule has 3 rings (SSSR count). The number of aliphatic hydroxyl groups excluding tert-OH is 11. The molecule has 0 aliphatic carbocycles. The number of hydrogen-bond acceptors (Lipinski definition) is 18. The van der Waals surface area contributed by atoms with Crippen LogP contribution in [0.1, 0.15) is 258 Å². The summed E-state index contributed by atoms with van der Waals surface area (Å²) in [5.74, 6) is -0.314. The highest BCUT2D eigenvalue weighted by Gasteiger charge is 2.54. The third kappa shape index (κ3) is 44.2. The van der Waals surface area contributed by atoms with Gasteiger partial charge in [-0.25, -0.2) is 0 Å². The summed E-state index contributed by atoms with van der Waals surface area (Å²) in [7, 11) is 0. The molecule has 3 saturated heterocycles. The number of allylic oxidation sites excluding steroid dienone is 23. The average molecular weight is 1480 g/mol. The van der Waals surface area contributed by atoms with E-state index in [1.165, 1.54) is 116 Å². The largest absolute Gasteiger partial charge is 0.394 e. The van der Waals surface area contributed by atoms with Crippen molar-refractivity contribution in [2.45, 2.75) is 362 Å². The Bertz CT molecular complexity index is 2470. The topological polar surface area (TPSA) is 307 Å². The minimum Gasteiger partial charge on any atom is -0.394 e. The predicted octanol–water partition coefficient (Wildman–Crippen LogP) is 13.8. The molecule has 600 valence electrons. The summed E-state index contributed by atoms with van der Waals surface area (Å²) in [6.45, 7) is 1.59. The van der Waals surface area contributed by atoms with Gasteiger partial charge in [-0.1, -0.05) is 288 Å². The van der Waals surface area contributed by atoms with E-state index < -0.39 is 124 Å². The molecule has 19 heteroatoms. The minimum absolute atomic E-state index is 0.196. The third-order valence-electron chi connectivity index (χ3n) is 19.1. The molecule has 3 aliphatic rings. The Morgan fingerprint density at radius 1 is 0.352 bits per heavy atom. The molecule has 17 atom stereocenters. The molecule has 19 nitrogen and oxygen atoms in total. The molecule has 0 aromatic rings. The van der Waals surface area contributed by atoms with Crippen molar-refractivity contribution < 1.29 is 89.4 Å². The van der Waals surface area contributed by atoms with Crippen LogP contribution in [0.3, 0.4) is 0 Å². The van der Waals surface area contributed by atoms with Gasteiger partial charge in [0, 0.05) is 6.42 Å². The van der Waals surface area contributed by atoms with E-state index in [1.54, 1.807) is 6.08 Å². The normalized spacial score (nSPS) is 26.6. The van der Waals surface area contributed by atoms with Gasteiger partial charge in [-0.05, 0) is 109 Å². The summed E-state index contributed by atoms with van der Waals surface area (Å²) in [4.78, 5) is 13.5. The number of rotatable bonds is 62. The van der Waals surface area contributed by atoms with Gasteiger partial charge in [-0.2, -0.15) is 0 Å². The number of amides is 1. The first kappa shape index (κ1) is 94.9. The Kier molecular flexibility index (Phi) is 58.3. The summed E-state index contributed by atoms with van der Waals surface area (Å²) < 4.78 is 34.4. The maximum absolute atomic E-state index is 13.5. The molecule has 0 aromatic heterocycles. The molecule has 12 N–H and O–H groups in total. The van der Waals surface area contributed by atoms with E-state index in [-0.39, 0.29) is 18.9 Å². The van der Waals surface area contributed by atoms with Gasteiger partial charge in [0.2, 0.25) is 5.91 Å². The summed E-state index contributed by atoms with van der Waals surface area (Å²) >= 11 is 0. The second kappa shape index (κ2) is 64.5. The van der Waals surface area contributed by atoms with Crippen molar-refractivity contribution in [1.82, 2.24) is 5.32 Å². The van der Waals surface area contributed by atoms with Gasteiger partial charge in [0.05, 0.1) is 38.6 Å². The van der Waals surface area contributed by atoms with Crippen molar-refractivity contribution in [2.75, 3.05) is 26.4 Å². The van der Waals surface area contributed by atoms with Gasteiger partial charge in [0.25, 0.3) is 0 Å². The number of carbonyl (C=O) groups is 1. The highest BCUT2D eigenvalue weighted by Crippen LogP contribution is 2.33. The van der Waals surface area contributed by atoms with Crippen LogP contribution in [0, 0.1) is 0 Å². The minimum atomic E-state index is -1.99. The Morgan fingerprint density at radius 3 is 1.07 bits per heavy atom. The fourth-order valence-corrected chi connectivity index (χ4v) is 12.6. The molecule has 0 spiro atoms. The van der Waals surface area contributed by atoms with Crippen LogP contribution in [0.15, 0.2) is 146 Å². The van der Waals surface area contributed by atoms with E-state index in [4.69, 9.17) is 28.4 Å². The monoisotopic (exact) mass is 1480 g/mol. The molecule has 1 amide bonds. The van der Waals surface area contributed by atoms with Crippen LogP contribution < -0.4 is 5.32 Å². The number of carbonyl (C=O) groups excluding carboxylic acids is 1. The van der Waals surface area contributed by atoms with Crippen LogP contribution in [0.4, 0.5) is 0 Å². The van der Waals surface area contributed by atoms with Crippen molar-refractivity contribution in [1.29, 1.82) is 0 Å². The lowest BCUT2D eigenvalue weighted by molar-refractivity contribution is -0.379. The van der Waals surface area contributed by atoms with Gasteiger partial charge in [-0.3, -0.25) is 4.79 Å². The zero-order valence-electron chi connectivity index (χ0n) is 64.1. The molecule has 0 bridgehead atoms. The first-order valence-corrected chi connectivity index (χ1v) is 40.6. The number of hydrogen-bond donors (Lipinski definition) is 12. The number of ether oxygens (including phenoxy) is 6. The van der Waals surface area contributed by atoms with Gasteiger partial charge in [0.15, 0.2) is 18.9 Å². The summed E-state index contributed by atoms with van der Waals surface area (Å²) in [6.07, 6.45) is 66.8. The average Bonchev–Trinajstić information content (AvgIpc) is 0.781. The molecule has 0 aromatic carbocycles. The van der Waals surface area contributed by atoms with Gasteiger partial charge >= 0.3 is 0 Å². The standard InChI is InChI=1S/C86H143NO18/c1-3-5-7-9-11-13-15-17-19-21-23-25-27-29-30-31-32-33-34-35-36-37-38-40-42-44-46-48-50-52-54-56-58-60-62-64-74(92)87-69(70(91)63-61-59-57-55-53-51-49-47-45-43-41-39-28-26-24-22-20-18-16-14-12-10-8-6-4-2)68-100-84-80(98)77(95)82(72(66-89)102-84)105-86-81(99)78(96)83(73(67-90)103-86)104-85-79(97)76(94)75(93)71(65-88)101-85/h5,7,11,13,17,19,23,25,29-30,32-33,35-36,38,40,44,46,50,52-53,55,61,63,69-73,75-86,88-91,93-99H,3-4,6,8-10,12,14-16,18,20-22,24,26-28,31,34,37,39,41-43,45,47-49,51,54,56-60,62,64-68H2,1-2H3,(H,87,92)/b7-5-,13-11-,19-17-,25-23-,30-29-,33-32-,36-35-,40-38-,46-44-,52-50-,55-53+,63-61+. The maximum Gasteiger partial charge on any atom is 0.220 e. The number of nitrogens with one attached hydrogen (secondary N) is 1. The quantitative estimate of drug-likeness (QED) is 0.0199. The Morgan fingerprint density at radius 2 is 0.667 bits per heavy atom. The lowest BCUT2D eigenvalue weighted by Gasteiger charge is -2.48. The zero-order chi connectivity index (χ0) is 76.0. The van der Waals surface area contributed by atoms with Crippen LogP contribution >= 0.6 is 0 Å². The first-order valence-electron chi connectivity index (χ1n) is 40.6. The molecular weight excluding hydrogens is 1330 g/mol. The summed E-state index contributed by atoms with van der Waals surface area (Å²) in [5, 5.41) is 121. The van der Waals surface area contributed by atoms with Crippen LogP contribution in [0.2, 0.25) is 0 Å². The van der Waals surface area contributed by atoms with Gasteiger partial charge < -0.3 is 89.9 Å². The van der Waals surface area contributed by atoms with E-state index >= 15 is 0 Å². The third-order valence-corrected chi connectivity index (χ3v) is 19.1. The lowest BCUT2D eigenvalue weighted by atomic mass is 9.96. The number of aliphatic hydroxyl groups is 11. The molecule has 0 radical (unpaired) electrons. The van der Waals surface area contributed by atoms with Crippen molar-refractivity contribution >= 4 is 5.91 Å². The fourth-order valence-electron chi connectivity index (χ4n) is 12.6. The summed E-state index contributed by atoms with van der Waals surface area (Å²) in [5.41, 5.74) is 0. The number of unbranched alkanes of at least 4 members (excludes halogenated alkanes) is 24. The van der Waals surface area contributed by atoms with Crippen LogP contribution in [-0.4, -0.2) is 193 Å². The second-order valence-corrected chi connectivity index (χ2v) is 28.1. The van der Waals surface area contributed by atoms with E-state index in [2.05, 4.69) is 153 Å². The molecule has 3 heterocycles. The SMILES string of the molecule is CC/C=C\C/C=C\C/C=C\C/C=C\C/C=C\C/C=C\C/C=C\C/C=C\C/C=C\C/C=C\CCCCCCC(=O)NC(COC1OC(CO)C(OC2OC(CO)C(OC3OC(CO)C(O)C(O)C3O)C(O)C2O)C(O)C1O)C(O)/C=C/CC/C=C/CCCCCCCCCCCCCCCCCCCCC. The zero-order valence-corrected chi connectivity index (χ0v) is 64.1. The fraction of sp³-hybridized carbons (Fsp3) is 0.709. The van der Waals surface area contributed by atoms with Crippen molar-refractivity contribution in [3.05, 3.63) is 146 Å². The highest BCUT2D eigenvalue weighted by molar-refractivity contribution is 5.76. The van der Waals surface area contributed by atoms with Crippen molar-refractivity contribution in [3.8, 4) is 0 Å². The Hall–Kier alpha value is -4.33. The molecular formula is C86H143NO18. The molecule has 17 unspecified atom stereocenters. The van der Waals surface area contributed by atoms with Crippen molar-refractivity contribution in [2.24, 2.45) is 0 Å². The Labute approximate surface area is 632 Å². The molecule has 3 fully saturated rings. The van der Waals surface area contributed by atoms with Crippen molar-refractivity contribution in [3.63, 3.8) is 0 Å². The molecule has 105 heavy (non-hydrogen) atoms. The van der Waals surface area contributed by atoms with Crippen LogP contribution in [-0.2, 0) is 33.2 Å². The van der Waals surface area contributed by atoms with Crippen LogP contribution in [0.5, 0.6) is 0 Å². The summed E-state index contributed by atoms with van der Waals surface area (Å²) in [6, 6.07) is -1.02. The maximum atomic E-state index is 13.5. The van der Waals surface area contributed by atoms with Crippen LogP contribution in [0.25, 0.3) is 0 Å². The second-order valence-electron chi connectivity index (χ2n) is 28.1. The smallest absolute Gasteiger partial charge is 0.220 e. The van der Waals surface area contributed by atoms with E-state index in [9.17, 15) is 61.0 Å². The highest BCUT2D eigenvalue weighted by atomic mass is 16.8. The Balaban J connectivity index is 1.40. The predicted molar refractivity (Wildman–Crippen MR) is 419 cm³/mol. The van der Waals surface area contributed by atoms with E-state index in [0.717, 1.165) is 109 Å². The first-order chi connectivity index (χ1) is 51.3. The van der Waals surface area contributed by atoms with E-state index in [1.807, 2.05) is 6.08 Å².